The molecule has 0 fully saturated rings. The van der Waals surface area contributed by atoms with Crippen molar-refractivity contribution in [2.45, 2.75) is 0 Å². The number of hydrogen-bond acceptors (Lipinski definition) is 3. The van der Waals surface area contributed by atoms with Crippen molar-refractivity contribution in [3.05, 3.63) is 69.7 Å². The van der Waals surface area contributed by atoms with Crippen molar-refractivity contribution in [2.24, 2.45) is 10.2 Å². The van der Waals surface area contributed by atoms with Crippen molar-refractivity contribution in [1.82, 2.24) is 10.2 Å². The van der Waals surface area contributed by atoms with Crippen LogP contribution in [0.25, 0.3) is 11.3 Å². The maximum Gasteiger partial charge on any atom is 0.292 e. The highest BCUT2D eigenvalue weighted by atomic mass is 35.5. The summed E-state index contributed by atoms with van der Waals surface area (Å²) in [6.07, 6.45) is 0. The first-order valence-electron chi connectivity index (χ1n) is 6.38. The van der Waals surface area contributed by atoms with Crippen molar-refractivity contribution in [1.29, 1.82) is 0 Å². The van der Waals surface area contributed by atoms with Gasteiger partial charge in [0.15, 0.2) is 5.69 Å². The predicted molar refractivity (Wildman–Crippen MR) is 82.4 cm³/mol. The Morgan fingerprint density at radius 1 is 0.955 bits per heavy atom. The van der Waals surface area contributed by atoms with Crippen LogP contribution in [-0.4, -0.2) is 10.2 Å². The zero-order valence-corrected chi connectivity index (χ0v) is 11.9. The molecule has 3 aromatic rings. The Balaban J connectivity index is 2.01. The van der Waals surface area contributed by atoms with Gasteiger partial charge in [0.1, 0.15) is 11.5 Å². The summed E-state index contributed by atoms with van der Waals surface area (Å²) >= 11 is 5.99. The molecule has 2 aromatic carbocycles. The van der Waals surface area contributed by atoms with Crippen LogP contribution in [0.4, 0.5) is 15.8 Å². The average molecular weight is 317 g/mol. The standard InChI is InChI=1S/C15H10ClFN4O/c16-11-3-1-2-4-12(11)18-20-14-13(19-21-15(14)22)9-5-7-10(17)8-6-9/h1-8H,(H2,19,21,22). The lowest BCUT2D eigenvalue weighted by Crippen LogP contribution is -1.96. The molecule has 1 aromatic heterocycles. The molecule has 1 heterocycles. The molecule has 0 bridgehead atoms. The summed E-state index contributed by atoms with van der Waals surface area (Å²) in [5, 5.41) is 13.5. The van der Waals surface area contributed by atoms with Gasteiger partial charge in [-0.05, 0) is 36.4 Å². The molecular formula is C15H10ClFN4O. The summed E-state index contributed by atoms with van der Waals surface area (Å²) in [5.41, 5.74) is 1.19. The molecule has 0 aliphatic rings. The largest absolute Gasteiger partial charge is 0.295 e. The van der Waals surface area contributed by atoms with E-state index in [1.54, 1.807) is 36.4 Å². The number of rotatable bonds is 3. The van der Waals surface area contributed by atoms with E-state index in [-0.39, 0.29) is 11.5 Å². The second kappa shape index (κ2) is 5.95. The maximum atomic E-state index is 13.0. The van der Waals surface area contributed by atoms with E-state index in [4.69, 9.17) is 11.6 Å². The molecule has 0 atom stereocenters. The zero-order valence-electron chi connectivity index (χ0n) is 11.2. The van der Waals surface area contributed by atoms with Gasteiger partial charge >= 0.3 is 0 Å². The minimum absolute atomic E-state index is 0.103. The molecule has 0 saturated carbocycles. The number of aromatic amines is 2. The molecular weight excluding hydrogens is 307 g/mol. The Morgan fingerprint density at radius 3 is 2.41 bits per heavy atom. The van der Waals surface area contributed by atoms with Crippen LogP contribution in [0, 0.1) is 5.82 Å². The van der Waals surface area contributed by atoms with Gasteiger partial charge in [-0.1, -0.05) is 23.7 Å². The fourth-order valence-corrected chi connectivity index (χ4v) is 2.08. The van der Waals surface area contributed by atoms with E-state index in [1.807, 2.05) is 0 Å². The van der Waals surface area contributed by atoms with Gasteiger partial charge < -0.3 is 0 Å². The molecule has 7 heteroatoms. The highest BCUT2D eigenvalue weighted by Crippen LogP contribution is 2.29. The van der Waals surface area contributed by atoms with Crippen LogP contribution >= 0.6 is 11.6 Å². The molecule has 0 aliphatic carbocycles. The van der Waals surface area contributed by atoms with E-state index in [2.05, 4.69) is 20.4 Å². The molecule has 0 amide bonds. The van der Waals surface area contributed by atoms with Crippen molar-refractivity contribution >= 4 is 23.0 Å². The Labute approximate surface area is 129 Å². The number of nitrogens with zero attached hydrogens (tertiary/aromatic N) is 2. The molecule has 2 N–H and O–H groups in total. The smallest absolute Gasteiger partial charge is 0.292 e. The second-order valence-corrected chi connectivity index (χ2v) is 4.87. The van der Waals surface area contributed by atoms with Gasteiger partial charge in [-0.15, -0.1) is 10.2 Å². The monoisotopic (exact) mass is 316 g/mol. The minimum Gasteiger partial charge on any atom is -0.295 e. The molecule has 0 unspecified atom stereocenters. The third-order valence-corrected chi connectivity index (χ3v) is 3.32. The summed E-state index contributed by atoms with van der Waals surface area (Å²) in [6, 6.07) is 12.6. The van der Waals surface area contributed by atoms with Crippen molar-refractivity contribution in [2.75, 3.05) is 0 Å². The Hall–Kier alpha value is -2.73. The number of H-pyrrole nitrogens is 2. The first-order valence-corrected chi connectivity index (χ1v) is 6.76. The Kier molecular flexibility index (Phi) is 3.84. The third-order valence-electron chi connectivity index (χ3n) is 3.00. The fourth-order valence-electron chi connectivity index (χ4n) is 1.91. The molecule has 22 heavy (non-hydrogen) atoms. The number of hydrogen-bond donors (Lipinski definition) is 2. The topological polar surface area (TPSA) is 73.4 Å². The van der Waals surface area contributed by atoms with Gasteiger partial charge in [0, 0.05) is 5.56 Å². The number of nitrogens with one attached hydrogen (secondary N) is 2. The average Bonchev–Trinajstić information content (AvgIpc) is 2.88. The van der Waals surface area contributed by atoms with Crippen LogP contribution in [0.15, 0.2) is 63.6 Å². The zero-order chi connectivity index (χ0) is 15.5. The molecule has 0 radical (unpaired) electrons. The van der Waals surface area contributed by atoms with Gasteiger partial charge in [-0.25, -0.2) is 4.39 Å². The lowest BCUT2D eigenvalue weighted by atomic mass is 10.1. The highest BCUT2D eigenvalue weighted by Gasteiger charge is 2.11. The summed E-state index contributed by atoms with van der Waals surface area (Å²) in [7, 11) is 0. The number of benzene rings is 2. The van der Waals surface area contributed by atoms with Crippen molar-refractivity contribution < 1.29 is 4.39 Å². The van der Waals surface area contributed by atoms with E-state index in [0.717, 1.165) is 0 Å². The lowest BCUT2D eigenvalue weighted by molar-refractivity contribution is 0.628. The maximum absolute atomic E-state index is 13.0. The van der Waals surface area contributed by atoms with Gasteiger partial charge in [-0.2, -0.15) is 0 Å². The van der Waals surface area contributed by atoms with Gasteiger partial charge in [0.2, 0.25) is 0 Å². The molecule has 3 rings (SSSR count). The molecule has 5 nitrogen and oxygen atoms in total. The summed E-state index contributed by atoms with van der Waals surface area (Å²) < 4.78 is 13.0. The van der Waals surface area contributed by atoms with Gasteiger partial charge in [0.05, 0.1) is 10.7 Å². The van der Waals surface area contributed by atoms with E-state index in [9.17, 15) is 9.18 Å². The fraction of sp³-hybridized carbons (Fsp3) is 0. The molecule has 110 valence electrons. The first-order chi connectivity index (χ1) is 10.6. The van der Waals surface area contributed by atoms with Crippen LogP contribution in [0.2, 0.25) is 5.02 Å². The van der Waals surface area contributed by atoms with Crippen LogP contribution in [0.5, 0.6) is 0 Å². The second-order valence-electron chi connectivity index (χ2n) is 4.46. The number of azo groups is 1. The molecule has 0 saturated heterocycles. The molecule has 0 aliphatic heterocycles. The summed E-state index contributed by atoms with van der Waals surface area (Å²) in [6.45, 7) is 0. The van der Waals surface area contributed by atoms with Crippen LogP contribution in [0.1, 0.15) is 0 Å². The Morgan fingerprint density at radius 2 is 1.68 bits per heavy atom. The number of aromatic nitrogens is 2. The number of halogens is 2. The first kappa shape index (κ1) is 14.2. The summed E-state index contributed by atoms with van der Waals surface area (Å²) in [5.74, 6) is -0.360. The SMILES string of the molecule is O=c1[nH][nH]c(-c2ccc(F)cc2)c1N=Nc1ccccc1Cl. The lowest BCUT2D eigenvalue weighted by Gasteiger charge is -1.99. The highest BCUT2D eigenvalue weighted by molar-refractivity contribution is 6.32. The van der Waals surface area contributed by atoms with Gasteiger partial charge in [0.25, 0.3) is 5.56 Å². The molecule has 0 spiro atoms. The summed E-state index contributed by atoms with van der Waals surface area (Å²) in [4.78, 5) is 11.8. The predicted octanol–water partition coefficient (Wildman–Crippen LogP) is 4.58. The minimum atomic E-state index is -0.421. The van der Waals surface area contributed by atoms with Crippen LogP contribution in [-0.2, 0) is 0 Å². The quantitative estimate of drug-likeness (QED) is 0.682. The van der Waals surface area contributed by atoms with E-state index >= 15 is 0 Å². The van der Waals surface area contributed by atoms with E-state index in [0.29, 0.717) is 22.0 Å². The van der Waals surface area contributed by atoms with E-state index in [1.165, 1.54) is 12.1 Å². The van der Waals surface area contributed by atoms with E-state index < -0.39 is 5.56 Å². The van der Waals surface area contributed by atoms with Crippen LogP contribution < -0.4 is 5.56 Å². The van der Waals surface area contributed by atoms with Crippen molar-refractivity contribution in [3.8, 4) is 11.3 Å². The third kappa shape index (κ3) is 2.82. The Bertz CT molecular complexity index is 883. The normalized spacial score (nSPS) is 11.2. The van der Waals surface area contributed by atoms with Crippen LogP contribution in [0.3, 0.4) is 0 Å². The van der Waals surface area contributed by atoms with Crippen molar-refractivity contribution in [3.63, 3.8) is 0 Å². The van der Waals surface area contributed by atoms with Gasteiger partial charge in [-0.3, -0.25) is 15.0 Å².